The van der Waals surface area contributed by atoms with Crippen LogP contribution in [0.2, 0.25) is 0 Å². The number of nitrogens with one attached hydrogen (secondary N) is 1. The Hall–Kier alpha value is -2.12. The molecule has 0 saturated carbocycles. The van der Waals surface area contributed by atoms with Gasteiger partial charge in [-0.15, -0.1) is 0 Å². The Kier molecular flexibility index (Phi) is 4.77. The Labute approximate surface area is 123 Å². The van der Waals surface area contributed by atoms with E-state index in [2.05, 4.69) is 9.71 Å². The topological polar surface area (TPSA) is 105 Å². The summed E-state index contributed by atoms with van der Waals surface area (Å²) in [5.41, 5.74) is 7.13. The monoisotopic (exact) mass is 307 g/mol. The van der Waals surface area contributed by atoms with Gasteiger partial charge in [0.1, 0.15) is 0 Å². The molecule has 2 aromatic rings. The van der Waals surface area contributed by atoms with Crippen molar-refractivity contribution in [1.82, 2.24) is 4.98 Å². The fourth-order valence-corrected chi connectivity index (χ4v) is 3.02. The maximum absolute atomic E-state index is 12.3. The second kappa shape index (κ2) is 6.55. The molecule has 1 aromatic carbocycles. The summed E-state index contributed by atoms with van der Waals surface area (Å²) in [4.78, 5) is 3.81. The molecule has 0 unspecified atom stereocenters. The molecule has 7 heteroatoms. The van der Waals surface area contributed by atoms with Crippen LogP contribution in [0, 0.1) is 0 Å². The third-order valence-corrected chi connectivity index (χ3v) is 4.21. The van der Waals surface area contributed by atoms with Crippen LogP contribution in [0.1, 0.15) is 12.0 Å². The molecule has 0 aliphatic rings. The van der Waals surface area contributed by atoms with Gasteiger partial charge in [0.2, 0.25) is 0 Å². The summed E-state index contributed by atoms with van der Waals surface area (Å²) in [5.74, 6) is 0. The average molecular weight is 307 g/mol. The molecule has 0 atom stereocenters. The van der Waals surface area contributed by atoms with Crippen molar-refractivity contribution in [2.24, 2.45) is 0 Å². The van der Waals surface area contributed by atoms with Crippen molar-refractivity contribution in [3.8, 4) is 0 Å². The normalized spacial score (nSPS) is 11.3. The lowest BCUT2D eigenvalue weighted by atomic mass is 10.1. The van der Waals surface area contributed by atoms with E-state index in [1.165, 1.54) is 12.3 Å². The van der Waals surface area contributed by atoms with Gasteiger partial charge in [-0.25, -0.2) is 4.98 Å². The molecule has 1 aromatic heterocycles. The molecule has 0 amide bonds. The highest BCUT2D eigenvalue weighted by Gasteiger charge is 2.18. The van der Waals surface area contributed by atoms with Gasteiger partial charge >= 0.3 is 0 Å². The predicted octanol–water partition coefficient (Wildman–Crippen LogP) is 1.39. The Morgan fingerprint density at radius 2 is 2.05 bits per heavy atom. The van der Waals surface area contributed by atoms with Gasteiger partial charge in [0.25, 0.3) is 10.0 Å². The van der Waals surface area contributed by atoms with Crippen LogP contribution in [0.5, 0.6) is 0 Å². The maximum atomic E-state index is 12.3. The number of nitrogens with zero attached hydrogens (tertiary/aromatic N) is 1. The molecular weight excluding hydrogens is 290 g/mol. The van der Waals surface area contributed by atoms with Crippen LogP contribution in [-0.2, 0) is 16.4 Å². The first-order valence-electron chi connectivity index (χ1n) is 6.46. The number of pyridine rings is 1. The molecule has 0 spiro atoms. The zero-order chi connectivity index (χ0) is 15.3. The van der Waals surface area contributed by atoms with Gasteiger partial charge < -0.3 is 10.8 Å². The molecule has 112 valence electrons. The molecule has 4 N–H and O–H groups in total. The number of rotatable bonds is 6. The molecule has 2 rings (SSSR count). The molecular formula is C14H17N3O3S. The van der Waals surface area contributed by atoms with E-state index >= 15 is 0 Å². The lowest BCUT2D eigenvalue weighted by molar-refractivity contribution is 0.288. The number of aromatic nitrogens is 1. The van der Waals surface area contributed by atoms with Crippen LogP contribution in [0.15, 0.2) is 47.6 Å². The van der Waals surface area contributed by atoms with E-state index < -0.39 is 10.0 Å². The number of hydrogen-bond acceptors (Lipinski definition) is 5. The quantitative estimate of drug-likeness (QED) is 0.748. The van der Waals surface area contributed by atoms with Gasteiger partial charge in [-0.05, 0) is 42.7 Å². The SMILES string of the molecule is Nc1cccnc1S(=O)(=O)Nc1cccc(CCCO)c1. The molecule has 21 heavy (non-hydrogen) atoms. The molecule has 0 bridgehead atoms. The van der Waals surface area contributed by atoms with Crippen LogP contribution in [0.25, 0.3) is 0 Å². The van der Waals surface area contributed by atoms with Gasteiger partial charge in [0, 0.05) is 18.5 Å². The predicted molar refractivity (Wildman–Crippen MR) is 81.3 cm³/mol. The minimum atomic E-state index is -3.82. The van der Waals surface area contributed by atoms with Gasteiger partial charge in [-0.3, -0.25) is 4.72 Å². The molecule has 1 heterocycles. The highest BCUT2D eigenvalue weighted by atomic mass is 32.2. The maximum Gasteiger partial charge on any atom is 0.281 e. The summed E-state index contributed by atoms with van der Waals surface area (Å²) < 4.78 is 27.0. The van der Waals surface area contributed by atoms with Crippen molar-refractivity contribution < 1.29 is 13.5 Å². The van der Waals surface area contributed by atoms with Crippen molar-refractivity contribution in [2.75, 3.05) is 17.1 Å². The van der Waals surface area contributed by atoms with Crippen LogP contribution in [-0.4, -0.2) is 25.1 Å². The molecule has 0 aliphatic heterocycles. The Balaban J connectivity index is 2.23. The number of nitrogen functional groups attached to an aromatic ring is 1. The summed E-state index contributed by atoms with van der Waals surface area (Å²) in [7, 11) is -3.82. The summed E-state index contributed by atoms with van der Waals surface area (Å²) in [5, 5.41) is 8.64. The molecule has 0 radical (unpaired) electrons. The smallest absolute Gasteiger partial charge is 0.281 e. The van der Waals surface area contributed by atoms with Crippen LogP contribution < -0.4 is 10.5 Å². The summed E-state index contributed by atoms with van der Waals surface area (Å²) in [6.07, 6.45) is 2.68. The standard InChI is InChI=1S/C14H17N3O3S/c15-13-7-2-8-16-14(13)21(19,20)17-12-6-1-4-11(10-12)5-3-9-18/h1-2,4,6-8,10,17-18H,3,5,9,15H2. The lowest BCUT2D eigenvalue weighted by Gasteiger charge is -2.10. The second-order valence-corrected chi connectivity index (χ2v) is 6.13. The van der Waals surface area contributed by atoms with Gasteiger partial charge in [-0.2, -0.15) is 8.42 Å². The highest BCUT2D eigenvalue weighted by molar-refractivity contribution is 7.92. The van der Waals surface area contributed by atoms with Crippen molar-refractivity contribution >= 4 is 21.4 Å². The number of hydrogen-bond donors (Lipinski definition) is 3. The van der Waals surface area contributed by atoms with E-state index in [-0.39, 0.29) is 17.3 Å². The van der Waals surface area contributed by atoms with E-state index in [1.807, 2.05) is 6.07 Å². The van der Waals surface area contributed by atoms with E-state index in [9.17, 15) is 8.42 Å². The Bertz CT molecular complexity index is 717. The number of aliphatic hydroxyl groups excluding tert-OH is 1. The van der Waals surface area contributed by atoms with Gasteiger partial charge in [0.05, 0.1) is 5.69 Å². The van der Waals surface area contributed by atoms with Crippen molar-refractivity contribution in [1.29, 1.82) is 0 Å². The number of aliphatic hydroxyl groups is 1. The first-order valence-corrected chi connectivity index (χ1v) is 7.94. The molecule has 0 fully saturated rings. The van der Waals surface area contributed by atoms with E-state index in [1.54, 1.807) is 24.3 Å². The lowest BCUT2D eigenvalue weighted by Crippen LogP contribution is -2.16. The van der Waals surface area contributed by atoms with Crippen LogP contribution >= 0.6 is 0 Å². The van der Waals surface area contributed by atoms with Crippen LogP contribution in [0.3, 0.4) is 0 Å². The average Bonchev–Trinajstić information content (AvgIpc) is 2.45. The number of nitrogens with two attached hydrogens (primary N) is 1. The van der Waals surface area contributed by atoms with E-state index in [4.69, 9.17) is 10.8 Å². The fraction of sp³-hybridized carbons (Fsp3) is 0.214. The number of benzene rings is 1. The summed E-state index contributed by atoms with van der Waals surface area (Å²) in [6, 6.07) is 10.1. The summed E-state index contributed by atoms with van der Waals surface area (Å²) in [6.45, 7) is 0.0976. The molecule has 0 aliphatic carbocycles. The zero-order valence-electron chi connectivity index (χ0n) is 11.4. The third-order valence-electron chi connectivity index (χ3n) is 2.86. The van der Waals surface area contributed by atoms with Gasteiger partial charge in [0.15, 0.2) is 5.03 Å². The number of anilines is 2. The van der Waals surface area contributed by atoms with E-state index in [0.29, 0.717) is 18.5 Å². The fourth-order valence-electron chi connectivity index (χ4n) is 1.90. The first-order chi connectivity index (χ1) is 10.0. The van der Waals surface area contributed by atoms with Crippen molar-refractivity contribution in [2.45, 2.75) is 17.9 Å². The zero-order valence-corrected chi connectivity index (χ0v) is 12.2. The van der Waals surface area contributed by atoms with Gasteiger partial charge in [-0.1, -0.05) is 12.1 Å². The minimum Gasteiger partial charge on any atom is -0.396 e. The number of aryl methyl sites for hydroxylation is 1. The van der Waals surface area contributed by atoms with Crippen molar-refractivity contribution in [3.05, 3.63) is 48.2 Å². The van der Waals surface area contributed by atoms with E-state index in [0.717, 1.165) is 5.56 Å². The summed E-state index contributed by atoms with van der Waals surface area (Å²) >= 11 is 0. The number of sulfonamides is 1. The van der Waals surface area contributed by atoms with Crippen molar-refractivity contribution in [3.63, 3.8) is 0 Å². The first kappa shape index (κ1) is 15.3. The highest BCUT2D eigenvalue weighted by Crippen LogP contribution is 2.20. The molecule has 0 saturated heterocycles. The molecule has 6 nitrogen and oxygen atoms in total. The second-order valence-electron chi connectivity index (χ2n) is 4.53. The van der Waals surface area contributed by atoms with Crippen LogP contribution in [0.4, 0.5) is 11.4 Å². The third kappa shape index (κ3) is 3.93. The Morgan fingerprint density at radius 1 is 1.24 bits per heavy atom. The largest absolute Gasteiger partial charge is 0.396 e. The Morgan fingerprint density at radius 3 is 2.76 bits per heavy atom. The minimum absolute atomic E-state index is 0.0976.